The number of nitrogens with zero attached hydrogens (tertiary/aromatic N) is 1. The molecule has 0 atom stereocenters. The molecule has 0 aromatic rings. The van der Waals surface area contributed by atoms with Crippen molar-refractivity contribution < 1.29 is 23.9 Å². The van der Waals surface area contributed by atoms with Crippen LogP contribution in [0.25, 0.3) is 0 Å². The van der Waals surface area contributed by atoms with Crippen LogP contribution in [0.15, 0.2) is 0 Å². The van der Waals surface area contributed by atoms with E-state index in [9.17, 15) is 19.1 Å². The van der Waals surface area contributed by atoms with Gasteiger partial charge in [-0.2, -0.15) is 0 Å². The molecule has 6 nitrogen and oxygen atoms in total. The van der Waals surface area contributed by atoms with Crippen LogP contribution < -0.4 is 0 Å². The Morgan fingerprint density at radius 1 is 1.29 bits per heavy atom. The molecule has 17 heavy (non-hydrogen) atoms. The third-order valence-corrected chi connectivity index (χ3v) is 5.36. The predicted octanol–water partition coefficient (Wildman–Crippen LogP) is 0.582. The van der Waals surface area contributed by atoms with Gasteiger partial charge in [0, 0.05) is 13.1 Å². The lowest BCUT2D eigenvalue weighted by molar-refractivity contribution is -0.139. The van der Waals surface area contributed by atoms with Crippen LogP contribution in [-0.2, 0) is 14.1 Å². The van der Waals surface area contributed by atoms with Gasteiger partial charge in [-0.1, -0.05) is 13.8 Å². The fraction of sp³-hybridized carbons (Fsp3) is 0.900. The van der Waals surface area contributed by atoms with Crippen molar-refractivity contribution in [1.29, 1.82) is 0 Å². The molecular formula is C10H20NO5P. The normalized spacial score (nSPS) is 18.2. The Balaban J connectivity index is 2.98. The first kappa shape index (κ1) is 14.6. The van der Waals surface area contributed by atoms with Crippen LogP contribution in [0.2, 0.25) is 0 Å². The van der Waals surface area contributed by atoms with Crippen molar-refractivity contribution in [1.82, 2.24) is 4.90 Å². The van der Waals surface area contributed by atoms with E-state index in [1.807, 2.05) is 0 Å². The number of hydrogen-bond acceptors (Lipinski definition) is 3. The SMILES string of the molecule is CCC(CC)(C(=O)N1CCOCC1)P(=O)(O)O. The zero-order valence-corrected chi connectivity index (χ0v) is 11.2. The van der Waals surface area contributed by atoms with Crippen LogP contribution >= 0.6 is 7.60 Å². The molecule has 0 aliphatic carbocycles. The number of ether oxygens (including phenoxy) is 1. The van der Waals surface area contributed by atoms with E-state index < -0.39 is 18.7 Å². The molecule has 0 aromatic heterocycles. The minimum absolute atomic E-state index is 0.143. The maximum Gasteiger partial charge on any atom is 0.340 e. The van der Waals surface area contributed by atoms with Crippen molar-refractivity contribution in [3.05, 3.63) is 0 Å². The number of hydrogen-bond donors (Lipinski definition) is 2. The summed E-state index contributed by atoms with van der Waals surface area (Å²) >= 11 is 0. The second-order valence-corrected chi connectivity index (χ2v) is 6.13. The van der Waals surface area contributed by atoms with E-state index in [1.54, 1.807) is 13.8 Å². The first-order chi connectivity index (χ1) is 7.89. The fourth-order valence-electron chi connectivity index (χ4n) is 2.15. The molecule has 1 fully saturated rings. The summed E-state index contributed by atoms with van der Waals surface area (Å²) in [5.74, 6) is -0.445. The van der Waals surface area contributed by atoms with E-state index in [1.165, 1.54) is 4.90 Å². The Bertz CT molecular complexity index is 317. The Kier molecular flexibility index (Phi) is 4.72. The summed E-state index contributed by atoms with van der Waals surface area (Å²) in [5.41, 5.74) is 0. The maximum absolute atomic E-state index is 12.3. The van der Waals surface area contributed by atoms with E-state index in [0.717, 1.165) is 0 Å². The molecule has 1 amide bonds. The van der Waals surface area contributed by atoms with Crippen LogP contribution in [0.5, 0.6) is 0 Å². The van der Waals surface area contributed by atoms with Gasteiger partial charge in [0.1, 0.15) is 5.16 Å². The average molecular weight is 265 g/mol. The Labute approximate surface area is 101 Å². The smallest absolute Gasteiger partial charge is 0.340 e. The molecule has 2 N–H and O–H groups in total. The monoisotopic (exact) mass is 265 g/mol. The number of carbonyl (C=O) groups excluding carboxylic acids is 1. The van der Waals surface area contributed by atoms with Crippen molar-refractivity contribution >= 4 is 13.5 Å². The van der Waals surface area contributed by atoms with Gasteiger partial charge in [-0.3, -0.25) is 9.36 Å². The lowest BCUT2D eigenvalue weighted by Crippen LogP contribution is -2.51. The summed E-state index contributed by atoms with van der Waals surface area (Å²) in [7, 11) is -4.46. The van der Waals surface area contributed by atoms with Gasteiger partial charge in [0.25, 0.3) is 0 Å². The Hall–Kier alpha value is -0.420. The van der Waals surface area contributed by atoms with Crippen LogP contribution in [0, 0.1) is 0 Å². The topological polar surface area (TPSA) is 87.1 Å². The molecule has 0 aromatic carbocycles. The second kappa shape index (κ2) is 5.48. The molecule has 0 unspecified atom stereocenters. The quantitative estimate of drug-likeness (QED) is 0.726. The molecule has 0 saturated carbocycles. The predicted molar refractivity (Wildman–Crippen MR) is 62.8 cm³/mol. The van der Waals surface area contributed by atoms with Gasteiger partial charge in [-0.05, 0) is 12.8 Å². The standard InChI is InChI=1S/C10H20NO5P/c1-3-10(4-2,17(13,14)15)9(12)11-5-7-16-8-6-11/h3-8H2,1-2H3,(H2,13,14,15). The molecule has 100 valence electrons. The van der Waals surface area contributed by atoms with Crippen molar-refractivity contribution in [3.8, 4) is 0 Å². The lowest BCUT2D eigenvalue weighted by Gasteiger charge is -2.37. The summed E-state index contributed by atoms with van der Waals surface area (Å²) in [6.45, 7) is 4.94. The minimum Gasteiger partial charge on any atom is -0.378 e. The summed E-state index contributed by atoms with van der Waals surface area (Å²) < 4.78 is 16.7. The molecule has 0 spiro atoms. The third kappa shape index (κ3) is 2.71. The van der Waals surface area contributed by atoms with E-state index >= 15 is 0 Å². The summed E-state index contributed by atoms with van der Waals surface area (Å²) in [6.07, 6.45) is 0.286. The van der Waals surface area contributed by atoms with Gasteiger partial charge in [-0.25, -0.2) is 0 Å². The average Bonchev–Trinajstić information content (AvgIpc) is 2.30. The number of carbonyl (C=O) groups is 1. The van der Waals surface area contributed by atoms with E-state index in [4.69, 9.17) is 4.74 Å². The fourth-order valence-corrected chi connectivity index (χ4v) is 3.36. The largest absolute Gasteiger partial charge is 0.378 e. The number of morpholine rings is 1. The van der Waals surface area contributed by atoms with Crippen molar-refractivity contribution in [2.75, 3.05) is 26.3 Å². The van der Waals surface area contributed by atoms with Gasteiger partial charge in [-0.15, -0.1) is 0 Å². The van der Waals surface area contributed by atoms with E-state index in [0.29, 0.717) is 26.3 Å². The molecule has 7 heteroatoms. The summed E-state index contributed by atoms with van der Waals surface area (Å²) in [6, 6.07) is 0. The van der Waals surface area contributed by atoms with Gasteiger partial charge >= 0.3 is 7.60 Å². The molecule has 1 saturated heterocycles. The molecule has 1 aliphatic heterocycles. The van der Waals surface area contributed by atoms with Crippen LogP contribution in [0.1, 0.15) is 26.7 Å². The molecule has 1 rings (SSSR count). The molecular weight excluding hydrogens is 245 g/mol. The van der Waals surface area contributed by atoms with E-state index in [-0.39, 0.29) is 12.8 Å². The van der Waals surface area contributed by atoms with Crippen LogP contribution in [-0.4, -0.2) is 52.1 Å². The first-order valence-electron chi connectivity index (χ1n) is 5.82. The molecule has 0 bridgehead atoms. The third-order valence-electron chi connectivity index (χ3n) is 3.42. The van der Waals surface area contributed by atoms with Crippen LogP contribution in [0.3, 0.4) is 0 Å². The molecule has 0 radical (unpaired) electrons. The minimum atomic E-state index is -4.46. The van der Waals surface area contributed by atoms with Crippen molar-refractivity contribution in [2.24, 2.45) is 0 Å². The van der Waals surface area contributed by atoms with Gasteiger partial charge in [0.15, 0.2) is 0 Å². The lowest BCUT2D eigenvalue weighted by atomic mass is 10.00. The second-order valence-electron chi connectivity index (χ2n) is 4.19. The van der Waals surface area contributed by atoms with Gasteiger partial charge in [0.05, 0.1) is 13.2 Å². The van der Waals surface area contributed by atoms with Crippen molar-refractivity contribution in [2.45, 2.75) is 31.8 Å². The highest BCUT2D eigenvalue weighted by atomic mass is 31.2. The summed E-state index contributed by atoms with van der Waals surface area (Å²) in [4.78, 5) is 32.7. The van der Waals surface area contributed by atoms with Crippen molar-refractivity contribution in [3.63, 3.8) is 0 Å². The number of rotatable bonds is 4. The summed E-state index contributed by atoms with van der Waals surface area (Å²) in [5, 5.41) is -1.57. The number of amides is 1. The highest BCUT2D eigenvalue weighted by Gasteiger charge is 2.52. The van der Waals surface area contributed by atoms with Gasteiger partial charge in [0.2, 0.25) is 5.91 Å². The molecule has 1 aliphatic rings. The van der Waals surface area contributed by atoms with Gasteiger partial charge < -0.3 is 19.4 Å². The maximum atomic E-state index is 12.3. The Morgan fingerprint density at radius 3 is 2.12 bits per heavy atom. The zero-order chi connectivity index (χ0) is 13.1. The Morgan fingerprint density at radius 2 is 1.76 bits per heavy atom. The van der Waals surface area contributed by atoms with E-state index in [2.05, 4.69) is 0 Å². The molecule has 1 heterocycles. The highest BCUT2D eigenvalue weighted by molar-refractivity contribution is 7.54. The first-order valence-corrected chi connectivity index (χ1v) is 7.43. The van der Waals surface area contributed by atoms with Crippen LogP contribution in [0.4, 0.5) is 0 Å². The zero-order valence-electron chi connectivity index (χ0n) is 10.3. The highest BCUT2D eigenvalue weighted by Crippen LogP contribution is 2.55.